The van der Waals surface area contributed by atoms with Crippen molar-refractivity contribution in [1.82, 2.24) is 0 Å². The molecule has 0 aromatic carbocycles. The first kappa shape index (κ1) is 8.77. The molecule has 0 aliphatic carbocycles. The van der Waals surface area contributed by atoms with E-state index in [2.05, 4.69) is 15.9 Å². The molecule has 0 bridgehead atoms. The van der Waals surface area contributed by atoms with Crippen LogP contribution in [0.1, 0.15) is 12.7 Å². The summed E-state index contributed by atoms with van der Waals surface area (Å²) in [5, 5.41) is 9.62. The summed E-state index contributed by atoms with van der Waals surface area (Å²) in [4.78, 5) is 0. The topological polar surface area (TPSA) is 59.4 Å². The number of hydrogen-bond acceptors (Lipinski definition) is 3. The molecule has 62 valence electrons. The van der Waals surface area contributed by atoms with E-state index in [9.17, 15) is 5.11 Å². The fraction of sp³-hybridized carbons (Fsp3) is 0.429. The summed E-state index contributed by atoms with van der Waals surface area (Å²) in [6.45, 7) is 1.75. The van der Waals surface area contributed by atoms with E-state index in [0.29, 0.717) is 5.76 Å². The lowest BCUT2D eigenvalue weighted by molar-refractivity contribution is 0.0423. The highest BCUT2D eigenvalue weighted by Crippen LogP contribution is 2.28. The van der Waals surface area contributed by atoms with Gasteiger partial charge in [0.05, 0.1) is 10.7 Å². The van der Waals surface area contributed by atoms with Crippen LogP contribution >= 0.6 is 15.9 Å². The second-order valence-electron chi connectivity index (χ2n) is 2.58. The Morgan fingerprint density at radius 3 is 2.82 bits per heavy atom. The molecular weight excluding hydrogens is 210 g/mol. The molecule has 1 aromatic heterocycles. The molecule has 0 saturated heterocycles. The van der Waals surface area contributed by atoms with Crippen LogP contribution in [-0.2, 0) is 5.60 Å². The van der Waals surface area contributed by atoms with Gasteiger partial charge >= 0.3 is 0 Å². The van der Waals surface area contributed by atoms with Crippen LogP contribution in [0.25, 0.3) is 0 Å². The van der Waals surface area contributed by atoms with Gasteiger partial charge in [0.25, 0.3) is 0 Å². The van der Waals surface area contributed by atoms with Gasteiger partial charge < -0.3 is 15.3 Å². The molecule has 1 unspecified atom stereocenters. The average Bonchev–Trinajstić information content (AvgIpc) is 2.36. The van der Waals surface area contributed by atoms with Crippen LogP contribution in [0, 0.1) is 0 Å². The molecular formula is C7H10BrNO2. The number of nitrogens with two attached hydrogens (primary N) is 1. The van der Waals surface area contributed by atoms with Gasteiger partial charge in [-0.1, -0.05) is 0 Å². The van der Waals surface area contributed by atoms with Crippen molar-refractivity contribution >= 4 is 15.9 Å². The molecule has 1 rings (SSSR count). The van der Waals surface area contributed by atoms with E-state index in [0.717, 1.165) is 4.47 Å². The van der Waals surface area contributed by atoms with Crippen LogP contribution in [0.15, 0.2) is 21.2 Å². The van der Waals surface area contributed by atoms with Crippen molar-refractivity contribution < 1.29 is 9.52 Å². The number of furan rings is 1. The van der Waals surface area contributed by atoms with Gasteiger partial charge in [-0.3, -0.25) is 0 Å². The first-order valence-electron chi connectivity index (χ1n) is 3.24. The van der Waals surface area contributed by atoms with Crippen LogP contribution in [0.3, 0.4) is 0 Å². The molecule has 1 aromatic rings. The van der Waals surface area contributed by atoms with Gasteiger partial charge in [0, 0.05) is 6.54 Å². The fourth-order valence-corrected chi connectivity index (χ4v) is 1.40. The zero-order chi connectivity index (χ0) is 8.48. The Bertz CT molecular complexity index is 244. The predicted octanol–water partition coefficient (Wildman–Crippen LogP) is 1.21. The number of rotatable bonds is 2. The Morgan fingerprint density at radius 2 is 2.45 bits per heavy atom. The maximum Gasteiger partial charge on any atom is 0.150 e. The number of hydrogen-bond donors (Lipinski definition) is 2. The summed E-state index contributed by atoms with van der Waals surface area (Å²) in [6, 6.07) is 1.72. The lowest BCUT2D eigenvalue weighted by Gasteiger charge is -2.18. The molecule has 0 fully saturated rings. The minimum atomic E-state index is -1.08. The van der Waals surface area contributed by atoms with E-state index < -0.39 is 5.60 Å². The van der Waals surface area contributed by atoms with Crippen molar-refractivity contribution in [1.29, 1.82) is 0 Å². The first-order valence-corrected chi connectivity index (χ1v) is 4.03. The SMILES string of the molecule is CC(O)(CN)c1occc1Br. The molecule has 0 spiro atoms. The third-order valence-corrected chi connectivity index (χ3v) is 2.13. The van der Waals surface area contributed by atoms with Gasteiger partial charge in [-0.2, -0.15) is 0 Å². The Kier molecular flexibility index (Phi) is 2.37. The zero-order valence-electron chi connectivity index (χ0n) is 6.17. The van der Waals surface area contributed by atoms with Crippen molar-refractivity contribution in [3.63, 3.8) is 0 Å². The molecule has 3 N–H and O–H groups in total. The monoisotopic (exact) mass is 219 g/mol. The van der Waals surface area contributed by atoms with E-state index in [1.807, 2.05) is 0 Å². The summed E-state index contributed by atoms with van der Waals surface area (Å²) in [7, 11) is 0. The van der Waals surface area contributed by atoms with Crippen molar-refractivity contribution in [3.05, 3.63) is 22.6 Å². The smallest absolute Gasteiger partial charge is 0.150 e. The largest absolute Gasteiger partial charge is 0.465 e. The molecule has 0 aliphatic heterocycles. The highest BCUT2D eigenvalue weighted by molar-refractivity contribution is 9.10. The summed E-state index contributed by atoms with van der Waals surface area (Å²) in [6.07, 6.45) is 1.50. The van der Waals surface area contributed by atoms with E-state index in [1.165, 1.54) is 6.26 Å². The Labute approximate surface area is 73.3 Å². The fourth-order valence-electron chi connectivity index (χ4n) is 0.771. The lowest BCUT2D eigenvalue weighted by atomic mass is 10.1. The molecule has 4 heteroatoms. The minimum Gasteiger partial charge on any atom is -0.465 e. The number of halogens is 1. The summed E-state index contributed by atoms with van der Waals surface area (Å²) >= 11 is 3.23. The quantitative estimate of drug-likeness (QED) is 0.787. The molecule has 3 nitrogen and oxygen atoms in total. The molecule has 0 amide bonds. The highest BCUT2D eigenvalue weighted by atomic mass is 79.9. The van der Waals surface area contributed by atoms with Crippen LogP contribution in [0.5, 0.6) is 0 Å². The Balaban J connectivity index is 3.00. The minimum absolute atomic E-state index is 0.138. The standard InChI is InChI=1S/C7H10BrNO2/c1-7(10,4-9)6-5(8)2-3-11-6/h2-3,10H,4,9H2,1H3. The zero-order valence-corrected chi connectivity index (χ0v) is 7.76. The van der Waals surface area contributed by atoms with E-state index in [-0.39, 0.29) is 6.54 Å². The normalized spacial score (nSPS) is 16.4. The Hall–Kier alpha value is -0.320. The van der Waals surface area contributed by atoms with Crippen LogP contribution < -0.4 is 5.73 Å². The maximum atomic E-state index is 9.62. The first-order chi connectivity index (χ1) is 5.08. The van der Waals surface area contributed by atoms with Gasteiger partial charge in [0.2, 0.25) is 0 Å². The molecule has 0 radical (unpaired) electrons. The van der Waals surface area contributed by atoms with E-state index in [4.69, 9.17) is 10.2 Å². The van der Waals surface area contributed by atoms with E-state index in [1.54, 1.807) is 13.0 Å². The van der Waals surface area contributed by atoms with Crippen LogP contribution in [0.4, 0.5) is 0 Å². The molecule has 0 saturated carbocycles. The van der Waals surface area contributed by atoms with Crippen LogP contribution in [-0.4, -0.2) is 11.7 Å². The van der Waals surface area contributed by atoms with Gasteiger partial charge in [-0.05, 0) is 28.9 Å². The van der Waals surface area contributed by atoms with Crippen molar-refractivity contribution in [2.24, 2.45) is 5.73 Å². The summed E-state index contributed by atoms with van der Waals surface area (Å²) in [5.41, 5.74) is 4.25. The van der Waals surface area contributed by atoms with E-state index >= 15 is 0 Å². The third kappa shape index (κ3) is 1.64. The maximum absolute atomic E-state index is 9.62. The third-order valence-electron chi connectivity index (χ3n) is 1.50. The number of aliphatic hydroxyl groups is 1. The molecule has 11 heavy (non-hydrogen) atoms. The highest BCUT2D eigenvalue weighted by Gasteiger charge is 2.26. The lowest BCUT2D eigenvalue weighted by Crippen LogP contribution is -2.31. The second kappa shape index (κ2) is 2.97. The average molecular weight is 220 g/mol. The summed E-state index contributed by atoms with van der Waals surface area (Å²) in [5.74, 6) is 0.472. The molecule has 1 atom stereocenters. The van der Waals surface area contributed by atoms with Crippen molar-refractivity contribution in [2.75, 3.05) is 6.54 Å². The predicted molar refractivity (Wildman–Crippen MR) is 45.0 cm³/mol. The van der Waals surface area contributed by atoms with Crippen LogP contribution in [0.2, 0.25) is 0 Å². The van der Waals surface area contributed by atoms with Gasteiger partial charge in [-0.25, -0.2) is 0 Å². The second-order valence-corrected chi connectivity index (χ2v) is 3.43. The van der Waals surface area contributed by atoms with Crippen molar-refractivity contribution in [2.45, 2.75) is 12.5 Å². The van der Waals surface area contributed by atoms with Gasteiger partial charge in [-0.15, -0.1) is 0 Å². The van der Waals surface area contributed by atoms with Gasteiger partial charge in [0.1, 0.15) is 11.4 Å². The van der Waals surface area contributed by atoms with Crippen molar-refractivity contribution in [3.8, 4) is 0 Å². The summed E-state index contributed by atoms with van der Waals surface area (Å²) < 4.78 is 5.79. The Morgan fingerprint density at radius 1 is 1.82 bits per heavy atom. The molecule has 1 heterocycles. The van der Waals surface area contributed by atoms with Gasteiger partial charge in [0.15, 0.2) is 0 Å². The molecule has 0 aliphatic rings.